The highest BCUT2D eigenvalue weighted by Gasteiger charge is 2.50. The van der Waals surface area contributed by atoms with E-state index < -0.39 is 0 Å². The van der Waals surface area contributed by atoms with E-state index in [1.54, 1.807) is 0 Å². The SMILES string of the molecule is C1=CC2=c3ccccc3=[N+]3c4cc5ccc6c7c(cc8ccc(c4N(c4ccccc4)C(=C1)C23)c5c86)B1c2ccccc2-c2ccc3c(c21)B7c1ccccc1-3. The van der Waals surface area contributed by atoms with E-state index in [2.05, 4.69) is 179 Å². The molecule has 6 aliphatic rings. The lowest BCUT2D eigenvalue weighted by atomic mass is 9.22. The highest BCUT2D eigenvalue weighted by Crippen LogP contribution is 2.52. The summed E-state index contributed by atoms with van der Waals surface area (Å²) in [5.41, 5.74) is 20.9. The van der Waals surface area contributed by atoms with Crippen LogP contribution in [0.3, 0.4) is 0 Å². The predicted octanol–water partition coefficient (Wildman–Crippen LogP) is 5.85. The van der Waals surface area contributed by atoms with E-state index in [4.69, 9.17) is 0 Å². The second-order valence-corrected chi connectivity index (χ2v) is 16.4. The van der Waals surface area contributed by atoms with E-state index in [1.807, 2.05) is 0 Å². The summed E-state index contributed by atoms with van der Waals surface area (Å²) in [7, 11) is 0. The van der Waals surface area contributed by atoms with Crippen molar-refractivity contribution >= 4 is 101 Å². The maximum absolute atomic E-state index is 2.62. The van der Waals surface area contributed by atoms with Crippen LogP contribution in [0.1, 0.15) is 0 Å². The van der Waals surface area contributed by atoms with Gasteiger partial charge in [-0.1, -0.05) is 166 Å². The molecule has 1 unspecified atom stereocenters. The van der Waals surface area contributed by atoms with Crippen molar-refractivity contribution in [2.45, 2.75) is 6.04 Å². The van der Waals surface area contributed by atoms with Crippen molar-refractivity contribution in [3.8, 4) is 22.3 Å². The molecular formula is C52H29B2N2+. The molecule has 2 nitrogen and oxygen atoms in total. The molecule has 0 bridgehead atoms. The normalized spacial score (nSPS) is 17.0. The zero-order valence-electron chi connectivity index (χ0n) is 30.3. The third-order valence-corrected chi connectivity index (χ3v) is 14.1. The van der Waals surface area contributed by atoms with Gasteiger partial charge in [0.25, 0.3) is 0 Å². The maximum Gasteiger partial charge on any atom is 0.242 e. The van der Waals surface area contributed by atoms with Gasteiger partial charge >= 0.3 is 0 Å². The fourth-order valence-corrected chi connectivity index (χ4v) is 12.2. The summed E-state index contributed by atoms with van der Waals surface area (Å²) in [5.74, 6) is 0. The van der Waals surface area contributed by atoms with Gasteiger partial charge in [0.15, 0.2) is 0 Å². The number of benzene rings is 9. The number of hydrogen-bond donors (Lipinski definition) is 0. The second-order valence-electron chi connectivity index (χ2n) is 16.4. The number of para-hydroxylation sites is 2. The van der Waals surface area contributed by atoms with Gasteiger partial charge in [-0.15, -0.1) is 0 Å². The van der Waals surface area contributed by atoms with Gasteiger partial charge in [0.1, 0.15) is 5.69 Å². The van der Waals surface area contributed by atoms with E-state index in [0.29, 0.717) is 0 Å². The second kappa shape index (κ2) is 9.66. The molecule has 0 amide bonds. The fraction of sp³-hybridized carbons (Fsp3) is 0.0192. The van der Waals surface area contributed by atoms with Crippen LogP contribution in [0, 0.1) is 0 Å². The Hall–Kier alpha value is -6.90. The van der Waals surface area contributed by atoms with Crippen molar-refractivity contribution in [3.63, 3.8) is 0 Å². The Balaban J connectivity index is 1.10. The topological polar surface area (TPSA) is 6.25 Å². The number of rotatable bonds is 1. The van der Waals surface area contributed by atoms with Crippen molar-refractivity contribution in [2.24, 2.45) is 0 Å². The quantitative estimate of drug-likeness (QED) is 0.118. The van der Waals surface area contributed by atoms with Crippen molar-refractivity contribution in [2.75, 3.05) is 4.90 Å². The lowest BCUT2D eigenvalue weighted by Crippen LogP contribution is -2.72. The molecule has 5 heterocycles. The van der Waals surface area contributed by atoms with Crippen LogP contribution in [0.15, 0.2) is 176 Å². The Bertz CT molecular complexity index is 3560. The van der Waals surface area contributed by atoms with E-state index in [-0.39, 0.29) is 19.5 Å². The molecule has 4 heteroatoms. The van der Waals surface area contributed by atoms with Gasteiger partial charge in [0.2, 0.25) is 30.5 Å². The molecule has 0 aromatic heterocycles. The molecule has 0 radical (unpaired) electrons. The highest BCUT2D eigenvalue weighted by atomic mass is 15.3. The first-order valence-electron chi connectivity index (χ1n) is 20.0. The number of allylic oxidation sites excluding steroid dienone is 2. The average molecular weight is 703 g/mol. The zero-order valence-corrected chi connectivity index (χ0v) is 30.3. The summed E-state index contributed by atoms with van der Waals surface area (Å²) >= 11 is 0. The number of nitrogens with zero attached hydrogens (tertiary/aromatic N) is 2. The summed E-state index contributed by atoms with van der Waals surface area (Å²) in [6.45, 7) is 0.426. The lowest BCUT2D eigenvalue weighted by Gasteiger charge is -2.37. The summed E-state index contributed by atoms with van der Waals surface area (Å²) in [6, 6.07) is 58.2. The molecular weight excluding hydrogens is 674 g/mol. The van der Waals surface area contributed by atoms with Gasteiger partial charge in [0, 0.05) is 28.8 Å². The molecule has 15 rings (SSSR count). The molecule has 0 spiro atoms. The largest absolute Gasteiger partial charge is 0.301 e. The first-order chi connectivity index (χ1) is 27.8. The fourth-order valence-electron chi connectivity index (χ4n) is 12.2. The summed E-state index contributed by atoms with van der Waals surface area (Å²) in [5, 5.41) is 10.7. The van der Waals surface area contributed by atoms with Gasteiger partial charge in [-0.3, -0.25) is 0 Å². The Labute approximate surface area is 323 Å². The molecule has 1 aliphatic carbocycles. The molecule has 9 aromatic carbocycles. The van der Waals surface area contributed by atoms with Crippen LogP contribution in [0.4, 0.5) is 17.1 Å². The van der Waals surface area contributed by atoms with Gasteiger partial charge in [-0.2, -0.15) is 4.58 Å². The highest BCUT2D eigenvalue weighted by molar-refractivity contribution is 7.15. The molecule has 1 atom stereocenters. The molecule has 0 N–H and O–H groups in total. The summed E-state index contributed by atoms with van der Waals surface area (Å²) < 4.78 is 2.62. The van der Waals surface area contributed by atoms with Crippen LogP contribution in [0.25, 0.3) is 60.1 Å². The van der Waals surface area contributed by atoms with Crippen LogP contribution in [-0.2, 0) is 0 Å². The molecule has 0 fully saturated rings. The van der Waals surface area contributed by atoms with E-state index in [9.17, 15) is 0 Å². The van der Waals surface area contributed by atoms with Crippen LogP contribution >= 0.6 is 0 Å². The lowest BCUT2D eigenvalue weighted by molar-refractivity contribution is 0.679. The average Bonchev–Trinajstić information content (AvgIpc) is 3.90. The van der Waals surface area contributed by atoms with Crippen LogP contribution in [-0.4, -0.2) is 19.5 Å². The van der Waals surface area contributed by atoms with E-state index in [1.165, 1.54) is 126 Å². The number of fused-ring (bicyclic) bond motifs is 14. The minimum atomic E-state index is 0.112. The van der Waals surface area contributed by atoms with E-state index in [0.717, 1.165) is 0 Å². The minimum absolute atomic E-state index is 0.112. The van der Waals surface area contributed by atoms with Gasteiger partial charge < -0.3 is 4.90 Å². The van der Waals surface area contributed by atoms with Crippen molar-refractivity contribution in [3.05, 3.63) is 186 Å². The minimum Gasteiger partial charge on any atom is -0.301 e. The first kappa shape index (κ1) is 28.5. The van der Waals surface area contributed by atoms with E-state index >= 15 is 0 Å². The molecule has 0 saturated carbocycles. The third-order valence-electron chi connectivity index (χ3n) is 14.1. The first-order valence-corrected chi connectivity index (χ1v) is 20.0. The van der Waals surface area contributed by atoms with Gasteiger partial charge in [-0.05, 0) is 73.5 Å². The van der Waals surface area contributed by atoms with Crippen LogP contribution in [0.5, 0.6) is 0 Å². The molecule has 0 saturated heterocycles. The third kappa shape index (κ3) is 3.12. The van der Waals surface area contributed by atoms with Gasteiger partial charge in [0.05, 0.1) is 10.9 Å². The number of hydrogen-bond acceptors (Lipinski definition) is 1. The Morgan fingerprint density at radius 2 is 1.18 bits per heavy atom. The maximum atomic E-state index is 2.62. The smallest absolute Gasteiger partial charge is 0.242 e. The predicted molar refractivity (Wildman–Crippen MR) is 236 cm³/mol. The van der Waals surface area contributed by atoms with Crippen LogP contribution in [0.2, 0.25) is 0 Å². The van der Waals surface area contributed by atoms with Gasteiger partial charge in [-0.25, -0.2) is 0 Å². The molecule has 56 heavy (non-hydrogen) atoms. The Kier molecular flexibility index (Phi) is 4.92. The monoisotopic (exact) mass is 703 g/mol. The van der Waals surface area contributed by atoms with Crippen molar-refractivity contribution < 1.29 is 0 Å². The standard InChI is InChI=1S/C52H29B2N2/c1-2-11-31(12-3-1)55-44-20-10-16-37-34-15-6-9-19-43(34)56(51(37)44)45-28-30-21-23-38-46-29(22-24-39(47(30)46)52(45)55)27-42-48(38)54-41-18-8-5-14-33(41)36-26-25-35-32-13-4-7-17-40(32)53(42)49(35)50(36)54/h1-28,51H/q+1. The number of anilines is 2. The zero-order chi connectivity index (χ0) is 36.0. The Morgan fingerprint density at radius 1 is 0.518 bits per heavy atom. The molecule has 9 aromatic rings. The van der Waals surface area contributed by atoms with Crippen LogP contribution < -0.4 is 52.8 Å². The Morgan fingerprint density at radius 3 is 2.00 bits per heavy atom. The summed E-state index contributed by atoms with van der Waals surface area (Å²) in [6.07, 6.45) is 6.92. The molecule has 252 valence electrons. The van der Waals surface area contributed by atoms with Crippen molar-refractivity contribution in [1.29, 1.82) is 0 Å². The molecule has 5 aliphatic heterocycles. The summed E-state index contributed by atoms with van der Waals surface area (Å²) in [4.78, 5) is 2.57. The van der Waals surface area contributed by atoms with Crippen molar-refractivity contribution in [1.82, 2.24) is 4.58 Å².